The van der Waals surface area contributed by atoms with Gasteiger partial charge in [-0.25, -0.2) is 4.98 Å². The van der Waals surface area contributed by atoms with E-state index in [1.807, 2.05) is 14.0 Å². The molecule has 0 radical (unpaired) electrons. The maximum atomic E-state index is 5.56. The maximum Gasteiger partial charge on any atom is 0.218 e. The highest BCUT2D eigenvalue weighted by atomic mass is 16.5. The van der Waals surface area contributed by atoms with Gasteiger partial charge < -0.3 is 14.8 Å². The molecule has 1 aromatic rings. The van der Waals surface area contributed by atoms with Crippen LogP contribution in [0.4, 0.5) is 5.82 Å². The molecule has 88 valence electrons. The first-order valence-corrected chi connectivity index (χ1v) is 5.64. The molecule has 5 heteroatoms. The van der Waals surface area contributed by atoms with Crippen LogP contribution in [0, 0.1) is 0 Å². The molecule has 1 aromatic heterocycles. The van der Waals surface area contributed by atoms with Gasteiger partial charge in [-0.3, -0.25) is 0 Å². The molecule has 0 amide bonds. The lowest BCUT2D eigenvalue weighted by Gasteiger charge is -2.11. The molecule has 1 unspecified atom stereocenters. The molecule has 2 heterocycles. The fourth-order valence-corrected chi connectivity index (χ4v) is 1.72. The molecule has 0 bridgehead atoms. The largest absolute Gasteiger partial charge is 0.478 e. The van der Waals surface area contributed by atoms with Gasteiger partial charge in [0.25, 0.3) is 0 Å². The monoisotopic (exact) mass is 223 g/mol. The molecule has 1 aliphatic rings. The van der Waals surface area contributed by atoms with Crippen LogP contribution in [0.2, 0.25) is 0 Å². The first kappa shape index (κ1) is 11.1. The molecule has 0 spiro atoms. The molecular formula is C11H17N3O2. The minimum atomic E-state index is 0.0208. The summed E-state index contributed by atoms with van der Waals surface area (Å²) in [5, 5.41) is 3.00. The Kier molecular flexibility index (Phi) is 3.56. The van der Waals surface area contributed by atoms with E-state index in [1.54, 1.807) is 6.07 Å². The number of ether oxygens (including phenoxy) is 2. The van der Waals surface area contributed by atoms with Gasteiger partial charge in [-0.1, -0.05) is 0 Å². The van der Waals surface area contributed by atoms with Crippen molar-refractivity contribution >= 4 is 5.82 Å². The van der Waals surface area contributed by atoms with Crippen LogP contribution in [-0.4, -0.2) is 30.2 Å². The minimum Gasteiger partial charge on any atom is -0.478 e. The lowest BCUT2D eigenvalue weighted by Crippen LogP contribution is -2.07. The average Bonchev–Trinajstić information content (AvgIpc) is 2.82. The highest BCUT2D eigenvalue weighted by Crippen LogP contribution is 2.28. The summed E-state index contributed by atoms with van der Waals surface area (Å²) >= 11 is 0. The van der Waals surface area contributed by atoms with Crippen LogP contribution in [0.5, 0.6) is 5.88 Å². The lowest BCUT2D eigenvalue weighted by molar-refractivity contribution is 0.104. The van der Waals surface area contributed by atoms with Crippen molar-refractivity contribution in [3.05, 3.63) is 11.9 Å². The van der Waals surface area contributed by atoms with Gasteiger partial charge in [0.1, 0.15) is 11.9 Å². The molecule has 1 aliphatic heterocycles. The Labute approximate surface area is 95.2 Å². The number of hydrogen-bond acceptors (Lipinski definition) is 5. The van der Waals surface area contributed by atoms with Crippen LogP contribution in [0.15, 0.2) is 6.07 Å². The topological polar surface area (TPSA) is 56.3 Å². The lowest BCUT2D eigenvalue weighted by atomic mass is 10.2. The standard InChI is InChI=1S/C11H17N3O2/c1-3-15-10-7-9(12-2)13-11(14-10)8-5-4-6-16-8/h7-8H,3-6H2,1-2H3,(H,12,13,14). The van der Waals surface area contributed by atoms with Crippen molar-refractivity contribution in [1.29, 1.82) is 0 Å². The van der Waals surface area contributed by atoms with Crippen LogP contribution >= 0.6 is 0 Å². The van der Waals surface area contributed by atoms with Gasteiger partial charge >= 0.3 is 0 Å². The van der Waals surface area contributed by atoms with E-state index in [1.165, 1.54) is 0 Å². The van der Waals surface area contributed by atoms with Crippen LogP contribution in [0.1, 0.15) is 31.7 Å². The number of aromatic nitrogens is 2. The third kappa shape index (κ3) is 2.41. The summed E-state index contributed by atoms with van der Waals surface area (Å²) < 4.78 is 11.0. The quantitative estimate of drug-likeness (QED) is 0.843. The molecule has 0 saturated carbocycles. The molecule has 1 saturated heterocycles. The third-order valence-corrected chi connectivity index (χ3v) is 2.49. The van der Waals surface area contributed by atoms with E-state index >= 15 is 0 Å². The van der Waals surface area contributed by atoms with Gasteiger partial charge in [0, 0.05) is 19.7 Å². The van der Waals surface area contributed by atoms with E-state index in [4.69, 9.17) is 9.47 Å². The number of rotatable bonds is 4. The van der Waals surface area contributed by atoms with Crippen molar-refractivity contribution in [2.45, 2.75) is 25.9 Å². The fourth-order valence-electron chi connectivity index (χ4n) is 1.72. The smallest absolute Gasteiger partial charge is 0.218 e. The second-order valence-corrected chi connectivity index (χ2v) is 3.63. The second-order valence-electron chi connectivity index (χ2n) is 3.63. The van der Waals surface area contributed by atoms with Gasteiger partial charge in [-0.05, 0) is 19.8 Å². The molecule has 16 heavy (non-hydrogen) atoms. The zero-order chi connectivity index (χ0) is 11.4. The summed E-state index contributed by atoms with van der Waals surface area (Å²) in [6, 6.07) is 1.79. The number of nitrogens with zero attached hydrogens (tertiary/aromatic N) is 2. The van der Waals surface area contributed by atoms with Gasteiger partial charge in [0.2, 0.25) is 5.88 Å². The van der Waals surface area contributed by atoms with E-state index in [0.29, 0.717) is 18.3 Å². The van der Waals surface area contributed by atoms with Crippen molar-refractivity contribution in [2.24, 2.45) is 0 Å². The van der Waals surface area contributed by atoms with E-state index in [-0.39, 0.29) is 6.10 Å². The Balaban J connectivity index is 2.24. The Morgan fingerprint density at radius 3 is 3.06 bits per heavy atom. The summed E-state index contributed by atoms with van der Waals surface area (Å²) in [7, 11) is 1.83. The molecule has 2 rings (SSSR count). The Morgan fingerprint density at radius 1 is 1.56 bits per heavy atom. The van der Waals surface area contributed by atoms with Crippen molar-refractivity contribution in [2.75, 3.05) is 25.6 Å². The van der Waals surface area contributed by atoms with Crippen LogP contribution < -0.4 is 10.1 Å². The van der Waals surface area contributed by atoms with Crippen LogP contribution in [0.3, 0.4) is 0 Å². The van der Waals surface area contributed by atoms with Gasteiger partial charge in [-0.2, -0.15) is 4.98 Å². The molecule has 1 atom stereocenters. The normalized spacial score (nSPS) is 19.8. The van der Waals surface area contributed by atoms with Crippen molar-refractivity contribution in [3.63, 3.8) is 0 Å². The first-order chi connectivity index (χ1) is 7.83. The maximum absolute atomic E-state index is 5.56. The molecule has 1 N–H and O–H groups in total. The molecular weight excluding hydrogens is 206 g/mol. The predicted octanol–water partition coefficient (Wildman–Crippen LogP) is 1.77. The summed E-state index contributed by atoms with van der Waals surface area (Å²) in [4.78, 5) is 8.74. The van der Waals surface area contributed by atoms with E-state index in [2.05, 4.69) is 15.3 Å². The van der Waals surface area contributed by atoms with Gasteiger partial charge in [0.05, 0.1) is 6.61 Å². The second kappa shape index (κ2) is 5.12. The zero-order valence-electron chi connectivity index (χ0n) is 9.69. The van der Waals surface area contributed by atoms with Crippen molar-refractivity contribution in [3.8, 4) is 5.88 Å². The van der Waals surface area contributed by atoms with Crippen LogP contribution in [0.25, 0.3) is 0 Å². The molecule has 0 aromatic carbocycles. The Bertz CT molecular complexity index is 351. The number of nitrogens with one attached hydrogen (secondary N) is 1. The van der Waals surface area contributed by atoms with E-state index in [0.717, 1.165) is 25.3 Å². The van der Waals surface area contributed by atoms with Crippen molar-refractivity contribution < 1.29 is 9.47 Å². The summed E-state index contributed by atoms with van der Waals surface area (Å²) in [5.41, 5.74) is 0. The summed E-state index contributed by atoms with van der Waals surface area (Å²) in [6.07, 6.45) is 2.08. The third-order valence-electron chi connectivity index (χ3n) is 2.49. The highest BCUT2D eigenvalue weighted by Gasteiger charge is 2.21. The molecule has 5 nitrogen and oxygen atoms in total. The predicted molar refractivity (Wildman–Crippen MR) is 60.7 cm³/mol. The summed E-state index contributed by atoms with van der Waals surface area (Å²) in [6.45, 7) is 3.33. The van der Waals surface area contributed by atoms with Gasteiger partial charge in [0.15, 0.2) is 5.82 Å². The Hall–Kier alpha value is -1.36. The van der Waals surface area contributed by atoms with Crippen LogP contribution in [-0.2, 0) is 4.74 Å². The number of hydrogen-bond donors (Lipinski definition) is 1. The molecule has 1 fully saturated rings. The fraction of sp³-hybridized carbons (Fsp3) is 0.636. The number of anilines is 1. The Morgan fingerprint density at radius 2 is 2.44 bits per heavy atom. The van der Waals surface area contributed by atoms with Crippen molar-refractivity contribution in [1.82, 2.24) is 9.97 Å². The SMILES string of the molecule is CCOc1cc(NC)nc(C2CCCO2)n1. The first-order valence-electron chi connectivity index (χ1n) is 5.64. The zero-order valence-corrected chi connectivity index (χ0v) is 9.69. The van der Waals surface area contributed by atoms with E-state index < -0.39 is 0 Å². The van der Waals surface area contributed by atoms with E-state index in [9.17, 15) is 0 Å². The summed E-state index contributed by atoms with van der Waals surface area (Å²) in [5.74, 6) is 2.09. The van der Waals surface area contributed by atoms with Gasteiger partial charge in [-0.15, -0.1) is 0 Å². The average molecular weight is 223 g/mol. The minimum absolute atomic E-state index is 0.0208. The molecule has 0 aliphatic carbocycles. The highest BCUT2D eigenvalue weighted by molar-refractivity contribution is 5.38.